The van der Waals surface area contributed by atoms with Crippen LogP contribution < -0.4 is 9.86 Å². The molecule has 120 valence electrons. The molecule has 0 radical (unpaired) electrons. The van der Waals surface area contributed by atoms with Crippen LogP contribution >= 0.6 is 0 Å². The Labute approximate surface area is 129 Å². The van der Waals surface area contributed by atoms with Gasteiger partial charge in [-0.2, -0.15) is 5.10 Å². The van der Waals surface area contributed by atoms with E-state index in [2.05, 4.69) is 9.82 Å². The summed E-state index contributed by atoms with van der Waals surface area (Å²) in [7, 11) is -5.85. The summed E-state index contributed by atoms with van der Waals surface area (Å²) in [5.41, 5.74) is 1.50. The number of nitrogens with one attached hydrogen (secondary N) is 1. The standard InChI is InChI=1S/C12H16N4O4S2/c1-9-7-10(15-16(9)2)8-14-22(19,20)12-5-3-11(4-6-12)21(13,17)18/h3-7,14H,8H2,1-2H3,(H2,13,17,18). The highest BCUT2D eigenvalue weighted by atomic mass is 32.2. The molecule has 10 heteroatoms. The van der Waals surface area contributed by atoms with Crippen LogP contribution in [0, 0.1) is 6.92 Å². The largest absolute Gasteiger partial charge is 0.273 e. The molecule has 0 aliphatic rings. The zero-order chi connectivity index (χ0) is 16.5. The van der Waals surface area contributed by atoms with E-state index < -0.39 is 20.0 Å². The van der Waals surface area contributed by atoms with Crippen molar-refractivity contribution in [3.05, 3.63) is 41.7 Å². The highest BCUT2D eigenvalue weighted by molar-refractivity contribution is 7.89. The van der Waals surface area contributed by atoms with Crippen molar-refractivity contribution in [1.82, 2.24) is 14.5 Å². The van der Waals surface area contributed by atoms with E-state index in [9.17, 15) is 16.8 Å². The predicted octanol–water partition coefficient (Wildman–Crippen LogP) is -0.146. The number of hydrogen-bond donors (Lipinski definition) is 2. The molecule has 0 aliphatic heterocycles. The second kappa shape index (κ2) is 5.80. The number of benzene rings is 1. The molecule has 0 atom stereocenters. The molecule has 0 spiro atoms. The Bertz CT molecular complexity index is 864. The number of nitrogens with zero attached hydrogens (tertiary/aromatic N) is 2. The van der Waals surface area contributed by atoms with E-state index in [1.54, 1.807) is 17.8 Å². The number of rotatable bonds is 5. The molecular formula is C12H16N4O4S2. The number of primary sulfonamides is 1. The number of aryl methyl sites for hydroxylation is 2. The van der Waals surface area contributed by atoms with Gasteiger partial charge in [0.15, 0.2) is 0 Å². The molecule has 2 aromatic rings. The van der Waals surface area contributed by atoms with Crippen molar-refractivity contribution in [1.29, 1.82) is 0 Å². The summed E-state index contributed by atoms with van der Waals surface area (Å²) in [5.74, 6) is 0. The Morgan fingerprint density at radius 1 is 1.14 bits per heavy atom. The third-order valence-corrected chi connectivity index (χ3v) is 5.42. The first-order valence-electron chi connectivity index (χ1n) is 6.21. The molecular weight excluding hydrogens is 328 g/mol. The van der Waals surface area contributed by atoms with Crippen LogP contribution in [0.4, 0.5) is 0 Å². The summed E-state index contributed by atoms with van der Waals surface area (Å²) in [5, 5.41) is 9.11. The van der Waals surface area contributed by atoms with Gasteiger partial charge in [0.25, 0.3) is 0 Å². The molecule has 1 aromatic carbocycles. The maximum absolute atomic E-state index is 12.1. The summed E-state index contributed by atoms with van der Waals surface area (Å²) >= 11 is 0. The normalized spacial score (nSPS) is 12.5. The van der Waals surface area contributed by atoms with Crippen LogP contribution in [-0.2, 0) is 33.6 Å². The van der Waals surface area contributed by atoms with Gasteiger partial charge in [-0.25, -0.2) is 26.7 Å². The maximum atomic E-state index is 12.1. The van der Waals surface area contributed by atoms with Gasteiger partial charge in [0.05, 0.1) is 22.0 Å². The quantitative estimate of drug-likeness (QED) is 0.781. The van der Waals surface area contributed by atoms with Gasteiger partial charge in [0.1, 0.15) is 0 Å². The van der Waals surface area contributed by atoms with Gasteiger partial charge in [0.2, 0.25) is 20.0 Å². The molecule has 8 nitrogen and oxygen atoms in total. The summed E-state index contributed by atoms with van der Waals surface area (Å²) in [6, 6.07) is 6.44. The smallest absolute Gasteiger partial charge is 0.240 e. The molecule has 0 aliphatic carbocycles. The zero-order valence-electron chi connectivity index (χ0n) is 12.0. The van der Waals surface area contributed by atoms with Crippen LogP contribution in [0.15, 0.2) is 40.1 Å². The summed E-state index contributed by atoms with van der Waals surface area (Å²) in [6.07, 6.45) is 0. The van der Waals surface area contributed by atoms with E-state index in [-0.39, 0.29) is 16.3 Å². The van der Waals surface area contributed by atoms with Gasteiger partial charge in [0, 0.05) is 12.7 Å². The minimum Gasteiger partial charge on any atom is -0.273 e. The maximum Gasteiger partial charge on any atom is 0.240 e. The first kappa shape index (κ1) is 16.6. The van der Waals surface area contributed by atoms with E-state index in [1.165, 1.54) is 12.1 Å². The van der Waals surface area contributed by atoms with Crippen LogP contribution in [0.1, 0.15) is 11.4 Å². The van der Waals surface area contributed by atoms with E-state index >= 15 is 0 Å². The van der Waals surface area contributed by atoms with Crippen LogP contribution in [-0.4, -0.2) is 26.6 Å². The molecule has 0 saturated heterocycles. The second-order valence-electron chi connectivity index (χ2n) is 4.74. The van der Waals surface area contributed by atoms with Crippen molar-refractivity contribution in [3.8, 4) is 0 Å². The lowest BCUT2D eigenvalue weighted by molar-refractivity contribution is 0.578. The fraction of sp³-hybridized carbons (Fsp3) is 0.250. The van der Waals surface area contributed by atoms with Gasteiger partial charge in [-0.3, -0.25) is 4.68 Å². The van der Waals surface area contributed by atoms with Crippen LogP contribution in [0.3, 0.4) is 0 Å². The third kappa shape index (κ3) is 3.71. The Morgan fingerprint density at radius 3 is 2.14 bits per heavy atom. The Balaban J connectivity index is 2.16. The fourth-order valence-corrected chi connectivity index (χ4v) is 3.30. The van der Waals surface area contributed by atoms with E-state index in [4.69, 9.17) is 5.14 Å². The van der Waals surface area contributed by atoms with Gasteiger partial charge in [-0.15, -0.1) is 0 Å². The second-order valence-corrected chi connectivity index (χ2v) is 8.07. The first-order chi connectivity index (χ1) is 10.1. The lowest BCUT2D eigenvalue weighted by Gasteiger charge is -2.06. The first-order valence-corrected chi connectivity index (χ1v) is 9.24. The average molecular weight is 344 g/mol. The SMILES string of the molecule is Cc1cc(CNS(=O)(=O)c2ccc(S(N)(=O)=O)cc2)nn1C. The van der Waals surface area contributed by atoms with Crippen molar-refractivity contribution >= 4 is 20.0 Å². The minimum absolute atomic E-state index is 0.0426. The zero-order valence-corrected chi connectivity index (χ0v) is 13.6. The molecule has 2 rings (SSSR count). The monoisotopic (exact) mass is 344 g/mol. The molecule has 22 heavy (non-hydrogen) atoms. The van der Waals surface area contributed by atoms with Crippen LogP contribution in [0.2, 0.25) is 0 Å². The predicted molar refractivity (Wildman–Crippen MR) is 79.8 cm³/mol. The summed E-state index contributed by atoms with van der Waals surface area (Å²) in [6.45, 7) is 1.90. The van der Waals surface area contributed by atoms with Crippen LogP contribution in [0.25, 0.3) is 0 Å². The van der Waals surface area contributed by atoms with Crippen molar-refractivity contribution in [2.45, 2.75) is 23.3 Å². The minimum atomic E-state index is -3.85. The molecule has 0 fully saturated rings. The molecule has 0 bridgehead atoms. The van der Waals surface area contributed by atoms with E-state index in [0.717, 1.165) is 17.8 Å². The Hall–Kier alpha value is -1.75. The molecule has 0 unspecified atom stereocenters. The summed E-state index contributed by atoms with van der Waals surface area (Å²) < 4.78 is 50.6. The van der Waals surface area contributed by atoms with Crippen LogP contribution in [0.5, 0.6) is 0 Å². The van der Waals surface area contributed by atoms with E-state index in [0.29, 0.717) is 5.69 Å². The molecule has 1 heterocycles. The molecule has 3 N–H and O–H groups in total. The number of aromatic nitrogens is 2. The van der Waals surface area contributed by atoms with Gasteiger partial charge in [-0.05, 0) is 37.3 Å². The fourth-order valence-electron chi connectivity index (χ4n) is 1.78. The number of nitrogens with two attached hydrogens (primary N) is 1. The topological polar surface area (TPSA) is 124 Å². The Kier molecular flexibility index (Phi) is 4.38. The van der Waals surface area contributed by atoms with Crippen molar-refractivity contribution in [2.75, 3.05) is 0 Å². The van der Waals surface area contributed by atoms with Gasteiger partial charge >= 0.3 is 0 Å². The molecule has 0 saturated carbocycles. The highest BCUT2D eigenvalue weighted by Gasteiger charge is 2.16. The van der Waals surface area contributed by atoms with Crippen molar-refractivity contribution < 1.29 is 16.8 Å². The third-order valence-electron chi connectivity index (χ3n) is 3.07. The van der Waals surface area contributed by atoms with Gasteiger partial charge in [-0.1, -0.05) is 0 Å². The number of sulfonamides is 2. The molecule has 0 amide bonds. The van der Waals surface area contributed by atoms with Crippen molar-refractivity contribution in [3.63, 3.8) is 0 Å². The Morgan fingerprint density at radius 2 is 1.68 bits per heavy atom. The van der Waals surface area contributed by atoms with Crippen molar-refractivity contribution in [2.24, 2.45) is 12.2 Å². The van der Waals surface area contributed by atoms with E-state index in [1.807, 2.05) is 6.92 Å². The summed E-state index contributed by atoms with van der Waals surface area (Å²) in [4.78, 5) is -0.195. The lowest BCUT2D eigenvalue weighted by Crippen LogP contribution is -2.23. The van der Waals surface area contributed by atoms with Gasteiger partial charge < -0.3 is 0 Å². The average Bonchev–Trinajstić information content (AvgIpc) is 2.75. The lowest BCUT2D eigenvalue weighted by atomic mass is 10.4. The molecule has 1 aromatic heterocycles. The number of hydrogen-bond acceptors (Lipinski definition) is 5. The highest BCUT2D eigenvalue weighted by Crippen LogP contribution is 2.13.